The maximum Gasteiger partial charge on any atom is 0.227 e. The summed E-state index contributed by atoms with van der Waals surface area (Å²) in [5.74, 6) is 1.93. The van der Waals surface area contributed by atoms with E-state index in [4.69, 9.17) is 13.9 Å². The lowest BCUT2D eigenvalue weighted by Gasteiger charge is -2.18. The third-order valence-electron chi connectivity index (χ3n) is 5.18. The lowest BCUT2D eigenvalue weighted by atomic mass is 9.97. The molecule has 0 saturated heterocycles. The fourth-order valence-corrected chi connectivity index (χ4v) is 3.32. The van der Waals surface area contributed by atoms with Gasteiger partial charge in [-0.05, 0) is 62.7 Å². The summed E-state index contributed by atoms with van der Waals surface area (Å²) in [4.78, 5) is 14.5. The lowest BCUT2D eigenvalue weighted by molar-refractivity contribution is -0.109. The van der Waals surface area contributed by atoms with Gasteiger partial charge in [0.05, 0.1) is 12.7 Å². The van der Waals surface area contributed by atoms with Gasteiger partial charge in [0.1, 0.15) is 23.6 Å². The van der Waals surface area contributed by atoms with Crippen molar-refractivity contribution in [1.29, 1.82) is 0 Å². The average Bonchev–Trinajstić information content (AvgIpc) is 3.27. The molecule has 1 aromatic heterocycles. The molecule has 1 heterocycles. The summed E-state index contributed by atoms with van der Waals surface area (Å²) in [6.07, 6.45) is 0.742. The highest BCUT2D eigenvalue weighted by molar-refractivity contribution is 5.82. The number of nitrogens with zero attached hydrogens (tertiary/aromatic N) is 1. The first-order valence-corrected chi connectivity index (χ1v) is 10.9. The number of methoxy groups -OCH3 is 1. The van der Waals surface area contributed by atoms with Gasteiger partial charge in [0.2, 0.25) is 5.89 Å². The van der Waals surface area contributed by atoms with Crippen molar-refractivity contribution in [2.45, 2.75) is 26.4 Å². The largest absolute Gasteiger partial charge is 0.497 e. The molecule has 0 aliphatic heterocycles. The number of ether oxygens (including phenoxy) is 2. The smallest absolute Gasteiger partial charge is 0.227 e. The Labute approximate surface area is 199 Å². The van der Waals surface area contributed by atoms with Crippen LogP contribution in [0.25, 0.3) is 22.6 Å². The van der Waals surface area contributed by atoms with E-state index in [1.54, 1.807) is 33.1 Å². The molecule has 2 N–H and O–H groups in total. The predicted octanol–water partition coefficient (Wildman–Crippen LogP) is 5.35. The number of hydrogen-bond acceptors (Lipinski definition) is 7. The van der Waals surface area contributed by atoms with Crippen molar-refractivity contribution in [2.75, 3.05) is 26.1 Å². The van der Waals surface area contributed by atoms with Crippen molar-refractivity contribution in [3.8, 4) is 23.0 Å². The second kappa shape index (κ2) is 10.9. The van der Waals surface area contributed by atoms with Crippen molar-refractivity contribution in [3.63, 3.8) is 0 Å². The van der Waals surface area contributed by atoms with Gasteiger partial charge in [-0.2, -0.15) is 0 Å². The van der Waals surface area contributed by atoms with Crippen molar-refractivity contribution in [2.24, 2.45) is 0 Å². The number of para-hydroxylation sites is 1. The monoisotopic (exact) mass is 462 g/mol. The Kier molecular flexibility index (Phi) is 7.91. The van der Waals surface area contributed by atoms with Gasteiger partial charge in [-0.15, -0.1) is 0 Å². The predicted molar refractivity (Wildman–Crippen MR) is 134 cm³/mol. The number of fused-ring (bicyclic) bond motifs is 1. The van der Waals surface area contributed by atoms with E-state index < -0.39 is 5.60 Å². The summed E-state index contributed by atoms with van der Waals surface area (Å²) in [6, 6.07) is 19.0. The Hall–Kier alpha value is -3.84. The second-order valence-corrected chi connectivity index (χ2v) is 8.17. The molecule has 0 fully saturated rings. The molecule has 0 atom stereocenters. The number of carbonyl (C=O) groups excluding carboxylic acids is 1. The molecule has 0 aliphatic rings. The molecule has 7 nitrogen and oxygen atoms in total. The minimum absolute atomic E-state index is 0.130. The maximum atomic E-state index is 10.4. The maximum absolute atomic E-state index is 10.4. The van der Waals surface area contributed by atoms with Gasteiger partial charge in [-0.3, -0.25) is 4.79 Å². The molecular formula is C27H30N2O5. The summed E-state index contributed by atoms with van der Waals surface area (Å²) in [5, 5.41) is 13.5. The molecule has 0 spiro atoms. The van der Waals surface area contributed by atoms with E-state index in [9.17, 15) is 9.90 Å². The minimum Gasteiger partial charge on any atom is -0.497 e. The third-order valence-corrected chi connectivity index (χ3v) is 5.18. The zero-order chi connectivity index (χ0) is 24.7. The number of oxazole rings is 1. The number of aliphatic hydroxyl groups is 1. The number of aromatic nitrogens is 1. The molecule has 4 rings (SSSR count). The normalized spacial score (nSPS) is 10.9. The van der Waals surface area contributed by atoms with Crippen molar-refractivity contribution in [3.05, 3.63) is 71.8 Å². The molecule has 34 heavy (non-hydrogen) atoms. The van der Waals surface area contributed by atoms with E-state index >= 15 is 0 Å². The van der Waals surface area contributed by atoms with Crippen LogP contribution in [0, 0.1) is 6.92 Å². The van der Waals surface area contributed by atoms with Gasteiger partial charge < -0.3 is 24.3 Å². The van der Waals surface area contributed by atoms with E-state index in [-0.39, 0.29) is 6.61 Å². The molecule has 0 amide bonds. The first-order chi connectivity index (χ1) is 16.3. The Bertz CT molecular complexity index is 1240. The van der Waals surface area contributed by atoms with E-state index in [1.807, 2.05) is 62.5 Å². The van der Waals surface area contributed by atoms with E-state index in [2.05, 4.69) is 10.3 Å². The lowest BCUT2D eigenvalue weighted by Crippen LogP contribution is -2.15. The van der Waals surface area contributed by atoms with E-state index in [1.165, 1.54) is 0 Å². The van der Waals surface area contributed by atoms with Crippen LogP contribution in [0.3, 0.4) is 0 Å². The standard InChI is InChI=1S/C18H20N2O3.C9H10O2/c1-18(2,21)14-9-13(22-4)10-15-16(14)23-17(20-15)11-5-7-12(19-3)8-6-11;1-8-4-2-3-5-9(8)11-7-6-10/h5-10,19,21H,1-4H3;2-6H,7H2,1H3. The molecule has 178 valence electrons. The zero-order valence-electron chi connectivity index (χ0n) is 20.1. The number of rotatable bonds is 7. The highest BCUT2D eigenvalue weighted by Gasteiger charge is 2.24. The number of carbonyl (C=O) groups is 1. The van der Waals surface area contributed by atoms with Crippen molar-refractivity contribution >= 4 is 23.1 Å². The van der Waals surface area contributed by atoms with Gasteiger partial charge in [0, 0.05) is 29.9 Å². The molecule has 0 aliphatic carbocycles. The highest BCUT2D eigenvalue weighted by atomic mass is 16.5. The van der Waals surface area contributed by atoms with Crippen LogP contribution in [0.15, 0.2) is 65.1 Å². The van der Waals surface area contributed by atoms with Crippen LogP contribution in [0.4, 0.5) is 5.69 Å². The fourth-order valence-electron chi connectivity index (χ4n) is 3.32. The summed E-state index contributed by atoms with van der Waals surface area (Å²) in [6.45, 7) is 5.50. The summed E-state index contributed by atoms with van der Waals surface area (Å²) < 4.78 is 16.4. The van der Waals surface area contributed by atoms with Crippen LogP contribution in [0.1, 0.15) is 25.0 Å². The molecular weight excluding hydrogens is 432 g/mol. The first-order valence-electron chi connectivity index (χ1n) is 10.9. The number of hydrogen-bond donors (Lipinski definition) is 2. The summed E-state index contributed by atoms with van der Waals surface area (Å²) in [7, 11) is 3.46. The third kappa shape index (κ3) is 5.94. The van der Waals surface area contributed by atoms with E-state index in [0.29, 0.717) is 28.3 Å². The number of aldehydes is 1. The number of nitrogens with one attached hydrogen (secondary N) is 1. The Morgan fingerprint density at radius 3 is 2.41 bits per heavy atom. The van der Waals surface area contributed by atoms with Gasteiger partial charge >= 0.3 is 0 Å². The molecule has 0 saturated carbocycles. The van der Waals surface area contributed by atoms with Crippen LogP contribution in [0.2, 0.25) is 0 Å². The van der Waals surface area contributed by atoms with Crippen LogP contribution in [-0.2, 0) is 10.4 Å². The topological polar surface area (TPSA) is 93.8 Å². The summed E-state index contributed by atoms with van der Waals surface area (Å²) in [5.41, 5.74) is 3.77. The van der Waals surface area contributed by atoms with Crippen LogP contribution >= 0.6 is 0 Å². The van der Waals surface area contributed by atoms with Gasteiger partial charge in [-0.1, -0.05) is 18.2 Å². The van der Waals surface area contributed by atoms with E-state index in [0.717, 1.165) is 28.8 Å². The zero-order valence-corrected chi connectivity index (χ0v) is 20.1. The van der Waals surface area contributed by atoms with Crippen LogP contribution in [-0.4, -0.2) is 37.1 Å². The molecule has 0 bridgehead atoms. The second-order valence-electron chi connectivity index (χ2n) is 8.17. The van der Waals surface area contributed by atoms with Gasteiger partial charge in [-0.25, -0.2) is 4.98 Å². The molecule has 0 radical (unpaired) electrons. The van der Waals surface area contributed by atoms with Crippen molar-refractivity contribution < 1.29 is 23.8 Å². The fraction of sp³-hybridized carbons (Fsp3) is 0.259. The number of benzene rings is 3. The Morgan fingerprint density at radius 1 is 1.12 bits per heavy atom. The Morgan fingerprint density at radius 2 is 1.82 bits per heavy atom. The van der Waals surface area contributed by atoms with Crippen LogP contribution in [0.5, 0.6) is 11.5 Å². The van der Waals surface area contributed by atoms with Crippen molar-refractivity contribution in [1.82, 2.24) is 4.98 Å². The number of anilines is 1. The van der Waals surface area contributed by atoms with Crippen LogP contribution < -0.4 is 14.8 Å². The molecule has 4 aromatic rings. The van der Waals surface area contributed by atoms with Gasteiger partial charge in [0.15, 0.2) is 11.9 Å². The summed E-state index contributed by atoms with van der Waals surface area (Å²) >= 11 is 0. The first kappa shape index (κ1) is 24.8. The number of aryl methyl sites for hydroxylation is 1. The molecule has 3 aromatic carbocycles. The highest BCUT2D eigenvalue weighted by Crippen LogP contribution is 2.35. The molecule has 7 heteroatoms. The molecule has 0 unspecified atom stereocenters. The van der Waals surface area contributed by atoms with Gasteiger partial charge in [0.25, 0.3) is 0 Å². The SMILES string of the molecule is CNc1ccc(-c2nc3cc(OC)cc(C(C)(C)O)c3o2)cc1.Cc1ccccc1OCC=O. The quantitative estimate of drug-likeness (QED) is 0.358. The average molecular weight is 463 g/mol. The Balaban J connectivity index is 0.000000248. The minimum atomic E-state index is -1.06.